The minimum atomic E-state index is -1.17. The van der Waals surface area contributed by atoms with E-state index in [1.807, 2.05) is 0 Å². The van der Waals surface area contributed by atoms with Crippen LogP contribution in [-0.2, 0) is 4.79 Å². The van der Waals surface area contributed by atoms with Crippen molar-refractivity contribution < 1.29 is 15.0 Å². The minimum Gasteiger partial charge on any atom is -0.479 e. The van der Waals surface area contributed by atoms with Crippen LogP contribution in [0.3, 0.4) is 0 Å². The van der Waals surface area contributed by atoms with E-state index in [-0.39, 0.29) is 10.8 Å². The lowest BCUT2D eigenvalue weighted by Crippen LogP contribution is -2.33. The van der Waals surface area contributed by atoms with Crippen LogP contribution in [0.15, 0.2) is 0 Å². The standard InChI is InChI=1S/C10H18O3/c1-9(2,3)6-10(4-5-10)7(11)8(12)13/h7,11H,4-6H2,1-3H3,(H,12,13). The van der Waals surface area contributed by atoms with Crippen molar-refractivity contribution in [2.24, 2.45) is 10.8 Å². The van der Waals surface area contributed by atoms with Gasteiger partial charge < -0.3 is 10.2 Å². The maximum absolute atomic E-state index is 10.6. The van der Waals surface area contributed by atoms with Crippen LogP contribution in [0, 0.1) is 10.8 Å². The Morgan fingerprint density at radius 3 is 2.15 bits per heavy atom. The molecule has 1 unspecified atom stereocenters. The number of hydrogen-bond acceptors (Lipinski definition) is 2. The summed E-state index contributed by atoms with van der Waals surface area (Å²) in [7, 11) is 0. The molecule has 3 heteroatoms. The number of carboxylic acids is 1. The van der Waals surface area contributed by atoms with Crippen molar-refractivity contribution in [1.29, 1.82) is 0 Å². The molecule has 1 rings (SSSR count). The molecule has 0 aliphatic heterocycles. The second kappa shape index (κ2) is 2.98. The Morgan fingerprint density at radius 1 is 1.46 bits per heavy atom. The molecule has 1 fully saturated rings. The summed E-state index contributed by atoms with van der Waals surface area (Å²) in [5, 5.41) is 18.2. The first-order chi connectivity index (χ1) is 5.77. The summed E-state index contributed by atoms with van der Waals surface area (Å²) in [6, 6.07) is 0. The topological polar surface area (TPSA) is 57.5 Å². The molecule has 0 heterocycles. The third-order valence-electron chi connectivity index (χ3n) is 2.59. The largest absolute Gasteiger partial charge is 0.479 e. The van der Waals surface area contributed by atoms with E-state index in [1.54, 1.807) is 0 Å². The molecule has 3 nitrogen and oxygen atoms in total. The third kappa shape index (κ3) is 2.44. The van der Waals surface area contributed by atoms with Gasteiger partial charge in [0.05, 0.1) is 0 Å². The third-order valence-corrected chi connectivity index (χ3v) is 2.59. The monoisotopic (exact) mass is 186 g/mol. The van der Waals surface area contributed by atoms with E-state index in [4.69, 9.17) is 5.11 Å². The number of carboxylic acid groups (broad SMARTS) is 1. The van der Waals surface area contributed by atoms with Crippen molar-refractivity contribution in [3.05, 3.63) is 0 Å². The van der Waals surface area contributed by atoms with Gasteiger partial charge in [0.1, 0.15) is 0 Å². The van der Waals surface area contributed by atoms with Gasteiger partial charge in [0.25, 0.3) is 0 Å². The van der Waals surface area contributed by atoms with Crippen molar-refractivity contribution in [2.45, 2.75) is 46.1 Å². The van der Waals surface area contributed by atoms with E-state index in [1.165, 1.54) is 0 Å². The molecule has 76 valence electrons. The van der Waals surface area contributed by atoms with Crippen LogP contribution in [0.4, 0.5) is 0 Å². The van der Waals surface area contributed by atoms with Gasteiger partial charge in [-0.05, 0) is 24.7 Å². The number of carbonyl (C=O) groups is 1. The van der Waals surface area contributed by atoms with Crippen LogP contribution in [0.5, 0.6) is 0 Å². The molecule has 0 aromatic rings. The van der Waals surface area contributed by atoms with E-state index < -0.39 is 12.1 Å². The maximum Gasteiger partial charge on any atom is 0.333 e. The van der Waals surface area contributed by atoms with Gasteiger partial charge in [-0.25, -0.2) is 4.79 Å². The van der Waals surface area contributed by atoms with Crippen molar-refractivity contribution in [3.8, 4) is 0 Å². The summed E-state index contributed by atoms with van der Waals surface area (Å²) in [5.41, 5.74) is -0.239. The van der Waals surface area contributed by atoms with Gasteiger partial charge >= 0.3 is 5.97 Å². The van der Waals surface area contributed by atoms with Gasteiger partial charge in [0, 0.05) is 5.41 Å². The first-order valence-electron chi connectivity index (χ1n) is 4.68. The maximum atomic E-state index is 10.6. The van der Waals surface area contributed by atoms with Crippen molar-refractivity contribution in [1.82, 2.24) is 0 Å². The zero-order valence-corrected chi connectivity index (χ0v) is 8.50. The van der Waals surface area contributed by atoms with Gasteiger partial charge in [-0.1, -0.05) is 20.8 Å². The van der Waals surface area contributed by atoms with Crippen molar-refractivity contribution in [2.75, 3.05) is 0 Å². The molecule has 0 saturated heterocycles. The summed E-state index contributed by atoms with van der Waals surface area (Å²) >= 11 is 0. The highest BCUT2D eigenvalue weighted by Crippen LogP contribution is 2.55. The molecule has 2 N–H and O–H groups in total. The summed E-state index contributed by atoms with van der Waals surface area (Å²) < 4.78 is 0. The van der Waals surface area contributed by atoms with Gasteiger partial charge in [0.2, 0.25) is 0 Å². The molecule has 0 bridgehead atoms. The van der Waals surface area contributed by atoms with Crippen LogP contribution in [0.1, 0.15) is 40.0 Å². The lowest BCUT2D eigenvalue weighted by Gasteiger charge is -2.27. The molecule has 1 aliphatic rings. The molecular weight excluding hydrogens is 168 g/mol. The number of aliphatic hydroxyl groups excluding tert-OH is 1. The Balaban J connectivity index is 2.62. The Hall–Kier alpha value is -0.570. The Bertz CT molecular complexity index is 211. The number of aliphatic hydroxyl groups is 1. The highest BCUT2D eigenvalue weighted by molar-refractivity contribution is 5.73. The quantitative estimate of drug-likeness (QED) is 0.704. The SMILES string of the molecule is CC(C)(C)CC1(C(O)C(=O)O)CC1. The van der Waals surface area contributed by atoms with E-state index in [0.717, 1.165) is 19.3 Å². The van der Waals surface area contributed by atoms with Gasteiger partial charge in [-0.15, -0.1) is 0 Å². The van der Waals surface area contributed by atoms with Crippen LogP contribution in [0.2, 0.25) is 0 Å². The molecule has 1 aliphatic carbocycles. The number of rotatable bonds is 3. The lowest BCUT2D eigenvalue weighted by molar-refractivity contribution is -0.151. The fraction of sp³-hybridized carbons (Fsp3) is 0.900. The van der Waals surface area contributed by atoms with E-state index in [0.29, 0.717) is 0 Å². The summed E-state index contributed by atoms with van der Waals surface area (Å²) in [6.07, 6.45) is 1.30. The second-order valence-electron chi connectivity index (χ2n) is 5.34. The normalized spacial score (nSPS) is 22.5. The Labute approximate surface area is 78.8 Å². The smallest absolute Gasteiger partial charge is 0.333 e. The fourth-order valence-electron chi connectivity index (χ4n) is 2.03. The van der Waals surface area contributed by atoms with Gasteiger partial charge in [-0.2, -0.15) is 0 Å². The number of aliphatic carboxylic acids is 1. The van der Waals surface area contributed by atoms with Gasteiger partial charge in [0.15, 0.2) is 6.10 Å². The fourth-order valence-corrected chi connectivity index (χ4v) is 2.03. The molecular formula is C10H18O3. The molecule has 0 aromatic heterocycles. The predicted molar refractivity (Wildman–Crippen MR) is 49.4 cm³/mol. The molecule has 0 spiro atoms. The molecule has 0 radical (unpaired) electrons. The first kappa shape index (κ1) is 10.5. The van der Waals surface area contributed by atoms with Crippen LogP contribution >= 0.6 is 0 Å². The Kier molecular flexibility index (Phi) is 2.41. The summed E-state index contributed by atoms with van der Waals surface area (Å²) in [4.78, 5) is 10.6. The van der Waals surface area contributed by atoms with Crippen molar-refractivity contribution in [3.63, 3.8) is 0 Å². The van der Waals surface area contributed by atoms with Crippen LogP contribution in [-0.4, -0.2) is 22.3 Å². The summed E-state index contributed by atoms with van der Waals surface area (Å²) in [6.45, 7) is 6.21. The molecule has 1 atom stereocenters. The molecule has 0 amide bonds. The highest BCUT2D eigenvalue weighted by Gasteiger charge is 2.53. The van der Waals surface area contributed by atoms with E-state index in [2.05, 4.69) is 20.8 Å². The van der Waals surface area contributed by atoms with Crippen molar-refractivity contribution >= 4 is 5.97 Å². The van der Waals surface area contributed by atoms with E-state index in [9.17, 15) is 9.90 Å². The number of hydrogen-bond donors (Lipinski definition) is 2. The highest BCUT2D eigenvalue weighted by atomic mass is 16.4. The first-order valence-corrected chi connectivity index (χ1v) is 4.68. The molecule has 1 saturated carbocycles. The zero-order valence-electron chi connectivity index (χ0n) is 8.50. The second-order valence-corrected chi connectivity index (χ2v) is 5.34. The average molecular weight is 186 g/mol. The summed E-state index contributed by atoms with van der Waals surface area (Å²) in [5.74, 6) is -1.08. The van der Waals surface area contributed by atoms with Crippen LogP contribution < -0.4 is 0 Å². The lowest BCUT2D eigenvalue weighted by atomic mass is 9.80. The average Bonchev–Trinajstić information content (AvgIpc) is 2.64. The molecule has 0 aromatic carbocycles. The van der Waals surface area contributed by atoms with E-state index >= 15 is 0 Å². The minimum absolute atomic E-state index is 0.0902. The Morgan fingerprint density at radius 2 is 1.92 bits per heavy atom. The van der Waals surface area contributed by atoms with Crippen LogP contribution in [0.25, 0.3) is 0 Å². The predicted octanol–water partition coefficient (Wildman–Crippen LogP) is 1.65. The molecule has 13 heavy (non-hydrogen) atoms. The van der Waals surface area contributed by atoms with Gasteiger partial charge in [-0.3, -0.25) is 0 Å². The zero-order chi connectivity index (χ0) is 10.3.